The summed E-state index contributed by atoms with van der Waals surface area (Å²) in [6.07, 6.45) is 1.56. The number of hydrazone groups is 1. The molecule has 0 spiro atoms. The summed E-state index contributed by atoms with van der Waals surface area (Å²) in [5.41, 5.74) is 1.67. The summed E-state index contributed by atoms with van der Waals surface area (Å²) in [6.45, 7) is 1.68. The summed E-state index contributed by atoms with van der Waals surface area (Å²) in [5, 5.41) is 17.1. The molecule has 0 fully saturated rings. The quantitative estimate of drug-likeness (QED) is 0.442. The van der Waals surface area contributed by atoms with Crippen molar-refractivity contribution in [3.8, 4) is 0 Å². The first-order valence-electron chi connectivity index (χ1n) is 7.18. The van der Waals surface area contributed by atoms with E-state index in [0.717, 1.165) is 0 Å². The lowest BCUT2D eigenvalue weighted by Crippen LogP contribution is -2.21. The van der Waals surface area contributed by atoms with E-state index in [2.05, 4.69) is 5.10 Å². The number of amides is 1. The third kappa shape index (κ3) is 3.40. The topological polar surface area (TPSA) is 75.8 Å². The van der Waals surface area contributed by atoms with Gasteiger partial charge in [-0.1, -0.05) is 35.3 Å². The maximum atomic E-state index is 12.7. The van der Waals surface area contributed by atoms with Gasteiger partial charge in [0.1, 0.15) is 0 Å². The van der Waals surface area contributed by atoms with E-state index >= 15 is 0 Å². The van der Waals surface area contributed by atoms with Crippen molar-refractivity contribution in [2.75, 3.05) is 5.01 Å². The van der Waals surface area contributed by atoms with Gasteiger partial charge >= 0.3 is 0 Å². The zero-order valence-electron chi connectivity index (χ0n) is 12.9. The number of nitro benzene ring substituents is 1. The van der Waals surface area contributed by atoms with Gasteiger partial charge in [-0.3, -0.25) is 14.9 Å². The van der Waals surface area contributed by atoms with E-state index in [1.807, 2.05) is 0 Å². The summed E-state index contributed by atoms with van der Waals surface area (Å²) in [7, 11) is 0. The summed E-state index contributed by atoms with van der Waals surface area (Å²) < 4.78 is 0. The van der Waals surface area contributed by atoms with E-state index in [1.54, 1.807) is 43.3 Å². The highest BCUT2D eigenvalue weighted by Gasteiger charge is 2.30. The van der Waals surface area contributed by atoms with Crippen molar-refractivity contribution in [2.45, 2.75) is 6.92 Å². The van der Waals surface area contributed by atoms with Crippen LogP contribution in [0.2, 0.25) is 10.0 Å². The summed E-state index contributed by atoms with van der Waals surface area (Å²) in [4.78, 5) is 23.1. The minimum atomic E-state index is -0.489. The number of anilines is 1. The fourth-order valence-electron chi connectivity index (χ4n) is 2.39. The molecule has 0 unspecified atom stereocenters. The molecular weight excluding hydrogens is 365 g/mol. The van der Waals surface area contributed by atoms with Gasteiger partial charge in [-0.25, -0.2) is 0 Å². The lowest BCUT2D eigenvalue weighted by molar-refractivity contribution is -0.384. The Balaban J connectivity index is 1.99. The normalized spacial score (nSPS) is 15.6. The molecule has 0 atom stereocenters. The number of halogens is 2. The number of non-ortho nitro benzene ring substituents is 1. The highest BCUT2D eigenvalue weighted by molar-refractivity contribution is 6.38. The Kier molecular flexibility index (Phi) is 4.57. The van der Waals surface area contributed by atoms with Gasteiger partial charge in [0.15, 0.2) is 0 Å². The summed E-state index contributed by atoms with van der Waals surface area (Å²) in [5.74, 6) is -0.381. The van der Waals surface area contributed by atoms with Crippen LogP contribution in [0.1, 0.15) is 12.5 Å². The maximum absolute atomic E-state index is 12.7. The average Bonchev–Trinajstić information content (AvgIpc) is 2.85. The average molecular weight is 376 g/mol. The largest absolute Gasteiger partial charge is 0.280 e. The lowest BCUT2D eigenvalue weighted by atomic mass is 10.1. The summed E-state index contributed by atoms with van der Waals surface area (Å²) >= 11 is 12.1. The molecule has 1 aliphatic rings. The number of rotatable bonds is 3. The highest BCUT2D eigenvalue weighted by atomic mass is 35.5. The Morgan fingerprint density at radius 2 is 1.96 bits per heavy atom. The number of carbonyl (C=O) groups excluding carboxylic acids is 1. The molecule has 126 valence electrons. The molecule has 25 heavy (non-hydrogen) atoms. The van der Waals surface area contributed by atoms with Crippen molar-refractivity contribution in [3.63, 3.8) is 0 Å². The fraction of sp³-hybridized carbons (Fsp3) is 0.0588. The van der Waals surface area contributed by atoms with E-state index in [-0.39, 0.29) is 11.6 Å². The van der Waals surface area contributed by atoms with E-state index < -0.39 is 4.92 Å². The van der Waals surface area contributed by atoms with Crippen molar-refractivity contribution in [3.05, 3.63) is 73.8 Å². The van der Waals surface area contributed by atoms with Gasteiger partial charge in [-0.05, 0) is 36.8 Å². The second-order valence-electron chi connectivity index (χ2n) is 5.31. The number of nitro groups is 1. The first kappa shape index (κ1) is 17.1. The van der Waals surface area contributed by atoms with Crippen molar-refractivity contribution >= 4 is 52.3 Å². The van der Waals surface area contributed by atoms with Crippen LogP contribution < -0.4 is 5.01 Å². The molecule has 8 heteroatoms. The molecule has 1 heterocycles. The molecule has 0 saturated carbocycles. The number of hydrogen-bond acceptors (Lipinski definition) is 4. The third-order valence-corrected chi connectivity index (χ3v) is 4.15. The zero-order chi connectivity index (χ0) is 18.1. The Morgan fingerprint density at radius 1 is 1.20 bits per heavy atom. The van der Waals surface area contributed by atoms with E-state index in [4.69, 9.17) is 23.2 Å². The van der Waals surface area contributed by atoms with Crippen LogP contribution in [0.4, 0.5) is 11.4 Å². The first-order chi connectivity index (χ1) is 11.9. The van der Waals surface area contributed by atoms with Crippen molar-refractivity contribution in [1.29, 1.82) is 0 Å². The van der Waals surface area contributed by atoms with Gasteiger partial charge in [-0.2, -0.15) is 10.1 Å². The molecule has 3 rings (SSSR count). The van der Waals surface area contributed by atoms with E-state index in [9.17, 15) is 14.9 Å². The van der Waals surface area contributed by atoms with Crippen LogP contribution in [0.15, 0.2) is 53.1 Å². The smallest absolute Gasteiger partial charge is 0.267 e. The van der Waals surface area contributed by atoms with E-state index in [0.29, 0.717) is 32.6 Å². The van der Waals surface area contributed by atoms with Crippen molar-refractivity contribution in [1.82, 2.24) is 0 Å². The van der Waals surface area contributed by atoms with Gasteiger partial charge in [0.2, 0.25) is 0 Å². The molecule has 0 aliphatic carbocycles. The fourth-order valence-corrected chi connectivity index (χ4v) is 2.75. The molecular formula is C17H11Cl2N3O3. The molecule has 0 radical (unpaired) electrons. The lowest BCUT2D eigenvalue weighted by Gasteiger charge is -2.13. The second-order valence-corrected chi connectivity index (χ2v) is 6.15. The van der Waals surface area contributed by atoms with E-state index in [1.165, 1.54) is 17.1 Å². The van der Waals surface area contributed by atoms with Crippen molar-refractivity contribution < 1.29 is 9.72 Å². The van der Waals surface area contributed by atoms with Crippen LogP contribution in [-0.2, 0) is 4.79 Å². The Labute approximate surface area is 153 Å². The Hall–Kier alpha value is -2.70. The highest BCUT2D eigenvalue weighted by Crippen LogP contribution is 2.33. The Morgan fingerprint density at radius 3 is 2.68 bits per heavy atom. The van der Waals surface area contributed by atoms with Gasteiger partial charge in [-0.15, -0.1) is 0 Å². The third-order valence-electron chi connectivity index (χ3n) is 3.59. The van der Waals surface area contributed by atoms with Crippen LogP contribution in [0.25, 0.3) is 6.08 Å². The Bertz CT molecular complexity index is 954. The van der Waals surface area contributed by atoms with Crippen LogP contribution in [0.5, 0.6) is 0 Å². The minimum absolute atomic E-state index is 0.0517. The summed E-state index contributed by atoms with van der Waals surface area (Å²) in [6, 6.07) is 10.8. The molecule has 0 bridgehead atoms. The van der Waals surface area contributed by atoms with Crippen LogP contribution in [-0.4, -0.2) is 16.5 Å². The molecule has 6 nitrogen and oxygen atoms in total. The predicted octanol–water partition coefficient (Wildman–Crippen LogP) is 4.71. The number of benzene rings is 2. The zero-order valence-corrected chi connectivity index (χ0v) is 14.5. The number of nitrogens with zero attached hydrogens (tertiary/aromatic N) is 3. The molecule has 2 aromatic carbocycles. The molecule has 2 aromatic rings. The van der Waals surface area contributed by atoms with Crippen molar-refractivity contribution in [2.24, 2.45) is 5.10 Å². The van der Waals surface area contributed by atoms with Crippen LogP contribution in [0.3, 0.4) is 0 Å². The van der Waals surface area contributed by atoms with Crippen LogP contribution in [0, 0.1) is 10.1 Å². The predicted molar refractivity (Wildman–Crippen MR) is 98.1 cm³/mol. The molecule has 0 N–H and O–H groups in total. The second kappa shape index (κ2) is 6.66. The van der Waals surface area contributed by atoms with Gasteiger partial charge in [0, 0.05) is 17.2 Å². The number of carbonyl (C=O) groups is 1. The first-order valence-corrected chi connectivity index (χ1v) is 7.93. The molecule has 0 aromatic heterocycles. The SMILES string of the molecule is CC1=NN(c2cc(Cl)ccc2Cl)C(=O)/C1=C/c1cccc([N+](=O)[O-])c1. The maximum Gasteiger partial charge on any atom is 0.280 e. The van der Waals surface area contributed by atoms with Gasteiger partial charge in [0.25, 0.3) is 11.6 Å². The molecule has 1 amide bonds. The molecule has 1 aliphatic heterocycles. The standard InChI is InChI=1S/C17H11Cl2N3O3/c1-10-14(8-11-3-2-4-13(7-11)22(24)25)17(23)21(20-10)16-9-12(18)5-6-15(16)19/h2-9H,1H3/b14-8+. The van der Waals surface area contributed by atoms with Gasteiger partial charge in [0.05, 0.1) is 26.9 Å². The molecule has 0 saturated heterocycles. The van der Waals surface area contributed by atoms with Gasteiger partial charge < -0.3 is 0 Å². The minimum Gasteiger partial charge on any atom is -0.267 e. The number of hydrogen-bond donors (Lipinski definition) is 0. The van der Waals surface area contributed by atoms with Crippen LogP contribution >= 0.6 is 23.2 Å². The monoisotopic (exact) mass is 375 g/mol.